The summed E-state index contributed by atoms with van der Waals surface area (Å²) in [7, 11) is 3.23. The first-order chi connectivity index (χ1) is 51.9. The van der Waals surface area contributed by atoms with Crippen LogP contribution in [0.3, 0.4) is 0 Å². The van der Waals surface area contributed by atoms with Gasteiger partial charge in [0.25, 0.3) is 0 Å². The van der Waals surface area contributed by atoms with Crippen molar-refractivity contribution in [2.24, 2.45) is 16.7 Å². The number of carbonyl (C=O) groups excluding carboxylic acids is 8. The molecule has 9 N–H and O–H groups in total. The third-order valence-electron chi connectivity index (χ3n) is 20.4. The van der Waals surface area contributed by atoms with Gasteiger partial charge in [-0.3, -0.25) is 38.4 Å². The Bertz CT molecular complexity index is 4470. The molecule has 7 aromatic rings. The molecule has 7 amide bonds. The maximum Gasteiger partial charge on any atom is 0.326 e. The van der Waals surface area contributed by atoms with Crippen LogP contribution in [0.5, 0.6) is 5.75 Å². The third-order valence-corrected chi connectivity index (χ3v) is 20.4. The minimum atomic E-state index is -1.50. The normalized spacial score (nSPS) is 22.5. The minimum absolute atomic E-state index is 0.0107. The van der Waals surface area contributed by atoms with E-state index < -0.39 is 149 Å². The fourth-order valence-corrected chi connectivity index (χ4v) is 13.8. The molecule has 0 spiro atoms. The molecule has 7 heterocycles. The van der Waals surface area contributed by atoms with Crippen LogP contribution < -0.4 is 42.0 Å². The second-order valence-electron chi connectivity index (χ2n) is 30.6. The van der Waals surface area contributed by atoms with Crippen molar-refractivity contribution in [3.05, 3.63) is 180 Å². The lowest BCUT2D eigenvalue weighted by Crippen LogP contribution is -2.62. The maximum absolute atomic E-state index is 15.4. The molecule has 0 saturated carbocycles. The highest BCUT2D eigenvalue weighted by atomic mass is 16.5. The molecule has 6 aromatic carbocycles. The fourth-order valence-electron chi connectivity index (χ4n) is 13.8. The van der Waals surface area contributed by atoms with Gasteiger partial charge in [-0.1, -0.05) is 162 Å². The predicted octanol–water partition coefficient (Wildman–Crippen LogP) is 5.74. The van der Waals surface area contributed by atoms with Gasteiger partial charge in [-0.05, 0) is 126 Å². The van der Waals surface area contributed by atoms with Crippen molar-refractivity contribution >= 4 is 80.6 Å². The molecule has 8 bridgehead atoms. The van der Waals surface area contributed by atoms with Crippen molar-refractivity contribution in [1.82, 2.24) is 62.0 Å². The highest BCUT2D eigenvalue weighted by Gasteiger charge is 2.49. The number of rotatable bonds is 14. The predicted molar refractivity (Wildman–Crippen MR) is 408 cm³/mol. The van der Waals surface area contributed by atoms with Crippen LogP contribution in [0, 0.1) is 16.7 Å². The third kappa shape index (κ3) is 20.9. The molecule has 1 aromatic heterocycles. The Morgan fingerprint density at radius 1 is 0.596 bits per heavy atom. The zero-order valence-corrected chi connectivity index (χ0v) is 63.3. The van der Waals surface area contributed by atoms with Gasteiger partial charge in [-0.15, -0.1) is 5.10 Å². The van der Waals surface area contributed by atoms with Crippen LogP contribution in [0.4, 0.5) is 0 Å². The zero-order chi connectivity index (χ0) is 78.4. The van der Waals surface area contributed by atoms with Gasteiger partial charge in [0, 0.05) is 51.1 Å². The molecule has 0 unspecified atom stereocenters. The lowest BCUT2D eigenvalue weighted by molar-refractivity contribution is -0.147. The van der Waals surface area contributed by atoms with Crippen LogP contribution in [-0.4, -0.2) is 201 Å². The molecule has 2 saturated heterocycles. The van der Waals surface area contributed by atoms with Gasteiger partial charge >= 0.3 is 11.9 Å². The topological polar surface area (TPSA) is 360 Å². The van der Waals surface area contributed by atoms with E-state index in [2.05, 4.69) is 47.5 Å². The zero-order valence-electron chi connectivity index (χ0n) is 63.3. The number of hydrogen-bond acceptors (Lipinski definition) is 17. The number of aliphatic carboxylic acids is 2. The Kier molecular flexibility index (Phi) is 26.7. The average molecular weight is 1490 g/mol. The van der Waals surface area contributed by atoms with Gasteiger partial charge in [-0.25, -0.2) is 14.3 Å². The number of nitrogens with one attached hydrogen (secondary N) is 7. The van der Waals surface area contributed by atoms with Gasteiger partial charge in [0.15, 0.2) is 5.78 Å². The largest absolute Gasteiger partial charge is 0.490 e. The Hall–Kier alpha value is -10.7. The number of likely N-dealkylation sites (N-methyl/N-ethyl adjacent to an activating group) is 2. The number of ketones is 1. The van der Waals surface area contributed by atoms with E-state index in [0.717, 1.165) is 21.5 Å². The number of hydrogen-bond donors (Lipinski definition) is 9. The second-order valence-corrected chi connectivity index (χ2v) is 30.6. The summed E-state index contributed by atoms with van der Waals surface area (Å²) in [6.45, 7) is 13.9. The molecule has 0 aliphatic carbocycles. The van der Waals surface area contributed by atoms with Crippen molar-refractivity contribution in [3.8, 4) is 11.4 Å². The van der Waals surface area contributed by atoms with Crippen molar-refractivity contribution < 1.29 is 72.4 Å². The van der Waals surface area contributed by atoms with E-state index in [1.165, 1.54) is 14.5 Å². The number of amides is 7. The summed E-state index contributed by atoms with van der Waals surface area (Å²) in [5.41, 5.74) is 1.46. The lowest BCUT2D eigenvalue weighted by atomic mass is 9.85. The molecular formula is C82H100N12O15. The molecule has 0 radical (unpaired) electrons. The van der Waals surface area contributed by atoms with Crippen molar-refractivity contribution in [2.45, 2.75) is 174 Å². The number of carboxylic acids is 2. The smallest absolute Gasteiger partial charge is 0.326 e. The summed E-state index contributed by atoms with van der Waals surface area (Å²) >= 11 is 0. The van der Waals surface area contributed by atoms with Crippen LogP contribution in [-0.2, 0) is 89.7 Å². The molecule has 578 valence electrons. The summed E-state index contributed by atoms with van der Waals surface area (Å²) in [4.78, 5) is 147. The molecule has 27 heteroatoms. The number of aromatic nitrogens is 3. The molecule has 6 aliphatic heterocycles. The minimum Gasteiger partial charge on any atom is -0.490 e. The molecule has 12 atom stereocenters. The molecule has 27 nitrogen and oxygen atoms in total. The Labute approximate surface area is 634 Å². The van der Waals surface area contributed by atoms with E-state index in [0.29, 0.717) is 39.4 Å². The number of fused-ring (bicyclic) bond motifs is 2. The standard InChI is InChI=1S/C82H100N12O15/c1-48(83-9)72(96)88-70(81(3,4)5)77(101)92-34-33-68-69(92)76(100)85-63(42-53-22-28-55-18-12-14-20-57(55)38-53)75(99)87-65(80(105)106)41-51-25-31-61(32-26-51)107-35-15-16-36-108-62-44-66(93(46-62)78(102)71(82(6,7)8)89-73(97)49(2)84-10)67(95)43-58(39-52-21-27-54-17-11-13-19-56(54)37-52)74(98)86-64(79(103)104)40-50-23-29-60(30-24-50)94-45-59(47-109-68)90-91-94/h11-32,37-38,45,48-49,58,62-66,68-71,83-84H,33-36,39-44,46-47H2,1-10H3,(H,85,100)(H,86,98)(H,87,99)(H,88,96)(H,89,97)(H,103,104)(H,105,106)/b16-15+/t48-,49-,58+,62-,63-,64-,65-,66-,68+,69-,70+,71+/m0/s1. The van der Waals surface area contributed by atoms with Crippen LogP contribution in [0.2, 0.25) is 0 Å². The molecule has 13 rings (SSSR count). The van der Waals surface area contributed by atoms with Gasteiger partial charge in [0.1, 0.15) is 54.3 Å². The summed E-state index contributed by atoms with van der Waals surface area (Å²) in [5.74, 6) is -8.17. The number of Topliss-reactive ketones (excluding diaryl/α,β-unsaturated/α-hetero) is 1. The first-order valence-corrected chi connectivity index (χ1v) is 37.0. The summed E-state index contributed by atoms with van der Waals surface area (Å²) in [6, 6.07) is 29.4. The van der Waals surface area contributed by atoms with Gasteiger partial charge < -0.3 is 71.4 Å². The highest BCUT2D eigenvalue weighted by Crippen LogP contribution is 2.33. The summed E-state index contributed by atoms with van der Waals surface area (Å²) < 4.78 is 20.4. The van der Waals surface area contributed by atoms with E-state index in [1.807, 2.05) is 84.9 Å². The fraction of sp³-hybridized carbons (Fsp3) is 0.439. The van der Waals surface area contributed by atoms with Crippen molar-refractivity contribution in [2.75, 3.05) is 40.4 Å². The van der Waals surface area contributed by atoms with E-state index in [1.54, 1.807) is 136 Å². The van der Waals surface area contributed by atoms with Gasteiger partial charge in [0.05, 0.1) is 55.4 Å². The van der Waals surface area contributed by atoms with Gasteiger partial charge in [0.2, 0.25) is 41.4 Å². The number of carbonyl (C=O) groups is 10. The van der Waals surface area contributed by atoms with Crippen LogP contribution in [0.1, 0.15) is 103 Å². The number of benzene rings is 6. The van der Waals surface area contributed by atoms with E-state index in [9.17, 15) is 39.0 Å². The van der Waals surface area contributed by atoms with Crippen LogP contribution in [0.15, 0.2) is 152 Å². The molecular weight excluding hydrogens is 1390 g/mol. The molecule has 2 fully saturated rings. The number of likely N-dealkylation sites (tertiary alicyclic amines) is 2. The Balaban J connectivity index is 0.971. The van der Waals surface area contributed by atoms with E-state index in [-0.39, 0.29) is 71.4 Å². The maximum atomic E-state index is 15.4. The average Bonchev–Trinajstić information content (AvgIpc) is 1.68. The van der Waals surface area contributed by atoms with Crippen molar-refractivity contribution in [1.29, 1.82) is 0 Å². The summed E-state index contributed by atoms with van der Waals surface area (Å²) in [5, 5.41) is 53.8. The Morgan fingerprint density at radius 2 is 1.12 bits per heavy atom. The highest BCUT2D eigenvalue weighted by molar-refractivity contribution is 5.99. The number of carboxylic acid groups (broad SMARTS) is 2. The molecule has 109 heavy (non-hydrogen) atoms. The van der Waals surface area contributed by atoms with E-state index >= 15 is 19.2 Å². The number of ether oxygens (including phenoxy) is 3. The van der Waals surface area contributed by atoms with Crippen LogP contribution >= 0.6 is 0 Å². The van der Waals surface area contributed by atoms with Crippen LogP contribution in [0.25, 0.3) is 27.2 Å². The lowest BCUT2D eigenvalue weighted by Gasteiger charge is -2.37. The first kappa shape index (κ1) is 80.8. The number of nitrogens with zero attached hydrogens (tertiary/aromatic N) is 5. The monoisotopic (exact) mass is 1490 g/mol. The first-order valence-electron chi connectivity index (χ1n) is 37.0. The van der Waals surface area contributed by atoms with Crippen molar-refractivity contribution in [3.63, 3.8) is 0 Å². The quantitative estimate of drug-likeness (QED) is 0.0586. The SMILES string of the molecule is CN[C@@H](C)C(=O)N[C@H](C(=O)N1CC[C@H]2OCc3cn(nn3)-c3ccc(cc3)C[C@@H](C(=O)O)NC(=O)[C@H](Cc3ccc4ccccc4c3)CC(=O)[C@@H]3C[C@@H](CN3C(=O)[C@@H](NC(=O)[C@H](C)NC)C(C)(C)C)OC/C=C/COc3ccc(cc3)C[C@@H](C(=O)O)NC(=O)[C@H](Cc3ccc4ccccc4c3)NC(=O)[C@H]21)C(C)(C)C. The molecule has 6 aliphatic rings. The second kappa shape index (κ2) is 36.0. The summed E-state index contributed by atoms with van der Waals surface area (Å²) in [6.07, 6.45) is 2.63. The van der Waals surface area contributed by atoms with Gasteiger partial charge in [-0.2, -0.15) is 0 Å². The van der Waals surface area contributed by atoms with E-state index in [4.69, 9.17) is 14.2 Å². The Morgan fingerprint density at radius 3 is 1.67 bits per heavy atom.